The fourth-order valence-corrected chi connectivity index (χ4v) is 4.03. The second-order valence-electron chi connectivity index (χ2n) is 6.67. The third-order valence-corrected chi connectivity index (χ3v) is 6.21. The summed E-state index contributed by atoms with van der Waals surface area (Å²) in [6, 6.07) is 8.60. The second-order valence-corrected chi connectivity index (χ2v) is 8.10. The van der Waals surface area contributed by atoms with Crippen LogP contribution in [0.5, 0.6) is 0 Å². The number of carbonyl (C=O) groups excluding carboxylic acids is 2. The van der Waals surface area contributed by atoms with Crippen LogP contribution in [0.2, 0.25) is 0 Å². The molecule has 0 spiro atoms. The lowest BCUT2D eigenvalue weighted by Gasteiger charge is -2.39. The van der Waals surface area contributed by atoms with E-state index in [1.54, 1.807) is 30.3 Å². The van der Waals surface area contributed by atoms with Crippen LogP contribution in [0.15, 0.2) is 45.9 Å². The number of rotatable bonds is 3. The maximum Gasteiger partial charge on any atom is 0.277 e. The highest BCUT2D eigenvalue weighted by atomic mass is 35.5. The van der Waals surface area contributed by atoms with Crippen molar-refractivity contribution in [2.75, 3.05) is 0 Å². The average molecular weight is 401 g/mol. The number of alkyl halides is 2. The van der Waals surface area contributed by atoms with Crippen molar-refractivity contribution in [2.24, 2.45) is 16.8 Å². The van der Waals surface area contributed by atoms with E-state index in [0.29, 0.717) is 11.1 Å². The number of amides is 1. The number of hydrogen-bond acceptors (Lipinski definition) is 2. The Morgan fingerprint density at radius 2 is 1.72 bits per heavy atom. The molecule has 0 N–H and O–H groups in total. The minimum absolute atomic E-state index is 0.126. The van der Waals surface area contributed by atoms with E-state index in [-0.39, 0.29) is 28.4 Å². The van der Waals surface area contributed by atoms with Gasteiger partial charge < -0.3 is 0 Å². The molecular formula is C19H20Cl3NO2. The Balaban J connectivity index is 2.64. The van der Waals surface area contributed by atoms with Gasteiger partial charge in [0.1, 0.15) is 10.3 Å². The normalized spacial score (nSPS) is 26.0. The first-order valence-electron chi connectivity index (χ1n) is 8.08. The molecule has 3 nitrogen and oxygen atoms in total. The molecule has 1 aliphatic rings. The summed E-state index contributed by atoms with van der Waals surface area (Å²) < 4.78 is 0. The number of ketones is 1. The van der Waals surface area contributed by atoms with Crippen LogP contribution in [0.1, 0.15) is 38.1 Å². The predicted octanol–water partition coefficient (Wildman–Crippen LogP) is 5.24. The zero-order chi connectivity index (χ0) is 18.9. The molecule has 1 amide bonds. The molecule has 1 aromatic rings. The van der Waals surface area contributed by atoms with Crippen LogP contribution in [0.3, 0.4) is 0 Å². The molecule has 0 saturated heterocycles. The van der Waals surface area contributed by atoms with Gasteiger partial charge in [0.2, 0.25) is 0 Å². The topological polar surface area (TPSA) is 46.5 Å². The first-order chi connectivity index (χ1) is 11.6. The lowest BCUT2D eigenvalue weighted by Crippen LogP contribution is -2.54. The van der Waals surface area contributed by atoms with Gasteiger partial charge in [0.25, 0.3) is 5.91 Å². The second kappa shape index (κ2) is 7.61. The van der Waals surface area contributed by atoms with E-state index >= 15 is 0 Å². The standard InChI is InChI=1S/C19H20Cl3NO2/c1-10(2)13-14(20)15(16(21)19(22,11(3)4)17(13)24)23-18(25)12-8-6-5-7-9-12/h5-11,16H,1-4H3. The van der Waals surface area contributed by atoms with Crippen LogP contribution in [0.25, 0.3) is 0 Å². The van der Waals surface area contributed by atoms with E-state index in [1.807, 2.05) is 27.7 Å². The van der Waals surface area contributed by atoms with E-state index in [1.165, 1.54) is 0 Å². The fourth-order valence-electron chi connectivity index (χ4n) is 2.80. The molecule has 0 radical (unpaired) electrons. The van der Waals surface area contributed by atoms with E-state index in [2.05, 4.69) is 4.99 Å². The first kappa shape index (κ1) is 20.2. The Bertz CT molecular complexity index is 753. The average Bonchev–Trinajstić information content (AvgIpc) is 2.57. The molecule has 6 heteroatoms. The minimum Gasteiger partial charge on any atom is -0.292 e. The zero-order valence-electron chi connectivity index (χ0n) is 14.5. The predicted molar refractivity (Wildman–Crippen MR) is 104 cm³/mol. The summed E-state index contributed by atoms with van der Waals surface area (Å²) in [5.41, 5.74) is 0.933. The van der Waals surface area contributed by atoms with Crippen molar-refractivity contribution in [3.63, 3.8) is 0 Å². The van der Waals surface area contributed by atoms with Gasteiger partial charge >= 0.3 is 0 Å². The van der Waals surface area contributed by atoms with Crippen LogP contribution < -0.4 is 0 Å². The monoisotopic (exact) mass is 399 g/mol. The molecule has 0 aromatic heterocycles. The van der Waals surface area contributed by atoms with Crippen molar-refractivity contribution < 1.29 is 9.59 Å². The van der Waals surface area contributed by atoms with Gasteiger partial charge in [-0.2, -0.15) is 0 Å². The summed E-state index contributed by atoms with van der Waals surface area (Å²) in [5.74, 6) is -1.20. The zero-order valence-corrected chi connectivity index (χ0v) is 16.8. The largest absolute Gasteiger partial charge is 0.292 e. The molecule has 25 heavy (non-hydrogen) atoms. The van der Waals surface area contributed by atoms with Gasteiger partial charge in [0.15, 0.2) is 5.78 Å². The Morgan fingerprint density at radius 1 is 1.16 bits per heavy atom. The lowest BCUT2D eigenvalue weighted by atomic mass is 9.75. The number of carbonyl (C=O) groups is 2. The third kappa shape index (κ3) is 3.55. The van der Waals surface area contributed by atoms with Gasteiger partial charge in [0.05, 0.1) is 10.7 Å². The molecule has 134 valence electrons. The number of Topliss-reactive ketones (excluding diaryl/α,β-unsaturated/α-hetero) is 1. The molecule has 0 bridgehead atoms. The van der Waals surface area contributed by atoms with Gasteiger partial charge in [-0.15, -0.1) is 23.2 Å². The Kier molecular flexibility index (Phi) is 6.13. The number of benzene rings is 1. The maximum absolute atomic E-state index is 13.0. The molecule has 1 aromatic carbocycles. The van der Waals surface area contributed by atoms with E-state index in [0.717, 1.165) is 0 Å². The van der Waals surface area contributed by atoms with Crippen molar-refractivity contribution in [1.29, 1.82) is 0 Å². The summed E-state index contributed by atoms with van der Waals surface area (Å²) in [6.45, 7) is 7.32. The summed E-state index contributed by atoms with van der Waals surface area (Å²) in [6.07, 6.45) is 0. The number of allylic oxidation sites excluding steroid dienone is 2. The summed E-state index contributed by atoms with van der Waals surface area (Å²) in [7, 11) is 0. The molecule has 2 unspecified atom stereocenters. The van der Waals surface area contributed by atoms with Crippen molar-refractivity contribution in [3.8, 4) is 0 Å². The van der Waals surface area contributed by atoms with Gasteiger partial charge in [-0.3, -0.25) is 9.59 Å². The van der Waals surface area contributed by atoms with Crippen molar-refractivity contribution in [1.82, 2.24) is 0 Å². The maximum atomic E-state index is 13.0. The van der Waals surface area contributed by atoms with Crippen LogP contribution in [0, 0.1) is 11.8 Å². The molecule has 1 aliphatic carbocycles. The summed E-state index contributed by atoms with van der Waals surface area (Å²) >= 11 is 19.6. The Hall–Kier alpha value is -1.16. The fraction of sp³-hybridized carbons (Fsp3) is 0.421. The van der Waals surface area contributed by atoms with E-state index in [9.17, 15) is 9.59 Å². The van der Waals surface area contributed by atoms with Gasteiger partial charge in [-0.1, -0.05) is 57.5 Å². The summed E-state index contributed by atoms with van der Waals surface area (Å²) in [5, 5.41) is -0.870. The molecule has 0 aliphatic heterocycles. The Morgan fingerprint density at radius 3 is 2.20 bits per heavy atom. The molecular weight excluding hydrogens is 381 g/mol. The van der Waals surface area contributed by atoms with Crippen molar-refractivity contribution in [2.45, 2.75) is 37.9 Å². The van der Waals surface area contributed by atoms with Crippen molar-refractivity contribution in [3.05, 3.63) is 46.5 Å². The van der Waals surface area contributed by atoms with E-state index < -0.39 is 16.2 Å². The highest BCUT2D eigenvalue weighted by Crippen LogP contribution is 2.44. The number of halogens is 3. The number of aliphatic imine (C=N–C) groups is 1. The van der Waals surface area contributed by atoms with Gasteiger partial charge in [-0.25, -0.2) is 4.99 Å². The molecule has 0 heterocycles. The number of nitrogens with zero attached hydrogens (tertiary/aromatic N) is 1. The summed E-state index contributed by atoms with van der Waals surface area (Å²) in [4.78, 5) is 28.2. The van der Waals surface area contributed by atoms with Crippen LogP contribution in [-0.4, -0.2) is 27.7 Å². The third-order valence-electron chi connectivity index (χ3n) is 4.32. The first-order valence-corrected chi connectivity index (χ1v) is 9.27. The smallest absolute Gasteiger partial charge is 0.277 e. The SMILES string of the molecule is CC(C)C1=C(Cl)C(=NC(=O)c2ccccc2)C(Cl)C(Cl)(C(C)C)C1=O. The van der Waals surface area contributed by atoms with Crippen LogP contribution >= 0.6 is 34.8 Å². The quantitative estimate of drug-likeness (QED) is 0.651. The lowest BCUT2D eigenvalue weighted by molar-refractivity contribution is -0.119. The van der Waals surface area contributed by atoms with E-state index in [4.69, 9.17) is 34.8 Å². The van der Waals surface area contributed by atoms with Crippen LogP contribution in [-0.2, 0) is 4.79 Å². The van der Waals surface area contributed by atoms with Crippen LogP contribution in [0.4, 0.5) is 0 Å². The molecule has 2 rings (SSSR count). The number of hydrogen-bond donors (Lipinski definition) is 0. The molecule has 0 saturated carbocycles. The molecule has 0 fully saturated rings. The minimum atomic E-state index is -1.39. The highest BCUT2D eigenvalue weighted by molar-refractivity contribution is 6.59. The van der Waals surface area contributed by atoms with Gasteiger partial charge in [-0.05, 0) is 24.0 Å². The Labute approximate surface area is 163 Å². The molecule has 2 atom stereocenters. The van der Waals surface area contributed by atoms with Gasteiger partial charge in [0, 0.05) is 11.1 Å². The van der Waals surface area contributed by atoms with Crippen molar-refractivity contribution >= 4 is 52.2 Å². The highest BCUT2D eigenvalue weighted by Gasteiger charge is 2.54.